The molecule has 4 nitrogen and oxygen atoms in total. The van der Waals surface area contributed by atoms with E-state index in [1.54, 1.807) is 0 Å². The number of nitrogens with one attached hydrogen (secondary N) is 1. The zero-order valence-corrected chi connectivity index (χ0v) is 13.4. The predicted molar refractivity (Wildman–Crippen MR) is 90.0 cm³/mol. The van der Waals surface area contributed by atoms with Crippen molar-refractivity contribution in [3.63, 3.8) is 0 Å². The van der Waals surface area contributed by atoms with Gasteiger partial charge < -0.3 is 20.7 Å². The molecule has 0 radical (unpaired) electrons. The second-order valence-electron chi connectivity index (χ2n) is 5.90. The van der Waals surface area contributed by atoms with Crippen LogP contribution in [0.1, 0.15) is 39.5 Å². The number of hydrogen-bond donors (Lipinski definition) is 2. The van der Waals surface area contributed by atoms with Gasteiger partial charge in [-0.3, -0.25) is 0 Å². The fraction of sp³-hybridized carbons (Fsp3) is 0.647. The minimum absolute atomic E-state index is 0.541. The number of benzene rings is 1. The Hall–Kier alpha value is -1.42. The van der Waals surface area contributed by atoms with Gasteiger partial charge >= 0.3 is 0 Å². The largest absolute Gasteiger partial charge is 0.493 e. The van der Waals surface area contributed by atoms with E-state index in [-0.39, 0.29) is 0 Å². The van der Waals surface area contributed by atoms with Crippen LogP contribution in [-0.4, -0.2) is 37.2 Å². The summed E-state index contributed by atoms with van der Waals surface area (Å²) in [5.41, 5.74) is 7.81. The third kappa shape index (κ3) is 5.12. The first-order chi connectivity index (χ1) is 10.2. The molecule has 1 heterocycles. The van der Waals surface area contributed by atoms with E-state index >= 15 is 0 Å². The molecule has 21 heavy (non-hydrogen) atoms. The minimum Gasteiger partial charge on any atom is -0.493 e. The number of hydrogen-bond acceptors (Lipinski definition) is 4. The molecule has 1 saturated heterocycles. The molecule has 0 aromatic heterocycles. The number of nitrogen functional groups attached to an aromatic ring is 1. The summed E-state index contributed by atoms with van der Waals surface area (Å²) in [6.45, 7) is 8.68. The zero-order chi connectivity index (χ0) is 15.1. The van der Waals surface area contributed by atoms with Gasteiger partial charge in [0.1, 0.15) is 5.75 Å². The van der Waals surface area contributed by atoms with Crippen LogP contribution >= 0.6 is 0 Å². The molecule has 1 aliphatic heterocycles. The topological polar surface area (TPSA) is 50.5 Å². The molecular weight excluding hydrogens is 262 g/mol. The normalized spacial score (nSPS) is 16.9. The monoisotopic (exact) mass is 291 g/mol. The maximum Gasteiger partial charge on any atom is 0.123 e. The van der Waals surface area contributed by atoms with Crippen LogP contribution in [-0.2, 0) is 0 Å². The van der Waals surface area contributed by atoms with Crippen molar-refractivity contribution in [2.45, 2.75) is 45.6 Å². The molecule has 0 atom stereocenters. The van der Waals surface area contributed by atoms with Crippen molar-refractivity contribution in [1.29, 1.82) is 0 Å². The van der Waals surface area contributed by atoms with Crippen molar-refractivity contribution in [2.75, 3.05) is 37.3 Å². The summed E-state index contributed by atoms with van der Waals surface area (Å²) in [4.78, 5) is 2.55. The molecule has 118 valence electrons. The van der Waals surface area contributed by atoms with Crippen LogP contribution in [0.3, 0.4) is 0 Å². The molecule has 0 spiro atoms. The lowest BCUT2D eigenvalue weighted by Gasteiger charge is -2.32. The predicted octanol–water partition coefficient (Wildman–Crippen LogP) is 3.34. The number of likely N-dealkylation sites (tertiary alicyclic amines) is 1. The van der Waals surface area contributed by atoms with Crippen molar-refractivity contribution in [3.8, 4) is 5.75 Å². The Bertz CT molecular complexity index is 428. The third-order valence-corrected chi connectivity index (χ3v) is 3.90. The molecule has 3 N–H and O–H groups in total. The van der Waals surface area contributed by atoms with Gasteiger partial charge in [-0.15, -0.1) is 0 Å². The Labute approximate surface area is 128 Å². The molecule has 0 unspecified atom stereocenters. The van der Waals surface area contributed by atoms with Crippen LogP contribution in [0.5, 0.6) is 5.75 Å². The van der Waals surface area contributed by atoms with Crippen LogP contribution in [0.4, 0.5) is 11.4 Å². The van der Waals surface area contributed by atoms with Gasteiger partial charge in [0, 0.05) is 42.6 Å². The van der Waals surface area contributed by atoms with Crippen molar-refractivity contribution in [1.82, 2.24) is 4.90 Å². The van der Waals surface area contributed by atoms with Crippen LogP contribution in [0.25, 0.3) is 0 Å². The van der Waals surface area contributed by atoms with E-state index in [2.05, 4.69) is 30.1 Å². The number of ether oxygens (including phenoxy) is 1. The van der Waals surface area contributed by atoms with Gasteiger partial charge in [-0.05, 0) is 38.3 Å². The second kappa shape index (κ2) is 8.13. The Morgan fingerprint density at radius 1 is 1.19 bits per heavy atom. The smallest absolute Gasteiger partial charge is 0.123 e. The first-order valence-corrected chi connectivity index (χ1v) is 8.23. The van der Waals surface area contributed by atoms with Gasteiger partial charge in [0.05, 0.1) is 6.61 Å². The van der Waals surface area contributed by atoms with E-state index in [1.807, 2.05) is 12.1 Å². The van der Waals surface area contributed by atoms with Crippen molar-refractivity contribution < 1.29 is 4.74 Å². The highest BCUT2D eigenvalue weighted by Gasteiger charge is 2.18. The molecule has 0 aliphatic carbocycles. The zero-order valence-electron chi connectivity index (χ0n) is 13.4. The van der Waals surface area contributed by atoms with Gasteiger partial charge in [0.25, 0.3) is 0 Å². The lowest BCUT2D eigenvalue weighted by atomic mass is 10.0. The molecule has 0 bridgehead atoms. The molecule has 4 heteroatoms. The first kappa shape index (κ1) is 16.0. The van der Waals surface area contributed by atoms with Gasteiger partial charge in [0.2, 0.25) is 0 Å². The van der Waals surface area contributed by atoms with E-state index in [0.29, 0.717) is 6.04 Å². The lowest BCUT2D eigenvalue weighted by molar-refractivity contribution is 0.219. The summed E-state index contributed by atoms with van der Waals surface area (Å²) in [7, 11) is 0. The van der Waals surface area contributed by atoms with Crippen LogP contribution in [0.2, 0.25) is 0 Å². The Balaban J connectivity index is 1.89. The average molecular weight is 291 g/mol. The molecule has 1 aromatic rings. The second-order valence-corrected chi connectivity index (χ2v) is 5.90. The number of piperidine rings is 1. The summed E-state index contributed by atoms with van der Waals surface area (Å²) in [5, 5.41) is 3.61. The van der Waals surface area contributed by atoms with E-state index in [1.165, 1.54) is 38.9 Å². The van der Waals surface area contributed by atoms with Crippen molar-refractivity contribution in [2.24, 2.45) is 0 Å². The SMILES string of the molecule is CCCOc1cc(N)cc(NC2CCN(CCC)CC2)c1. The number of nitrogens with zero attached hydrogens (tertiary/aromatic N) is 1. The molecule has 1 aliphatic rings. The van der Waals surface area contributed by atoms with Gasteiger partial charge in [-0.1, -0.05) is 13.8 Å². The maximum absolute atomic E-state index is 5.97. The van der Waals surface area contributed by atoms with Crippen molar-refractivity contribution >= 4 is 11.4 Å². The van der Waals surface area contributed by atoms with Crippen LogP contribution in [0.15, 0.2) is 18.2 Å². The highest BCUT2D eigenvalue weighted by Crippen LogP contribution is 2.25. The Kier molecular flexibility index (Phi) is 6.18. The van der Waals surface area contributed by atoms with Gasteiger partial charge in [0.15, 0.2) is 0 Å². The van der Waals surface area contributed by atoms with E-state index in [0.717, 1.165) is 30.2 Å². The minimum atomic E-state index is 0.541. The fourth-order valence-corrected chi connectivity index (χ4v) is 2.86. The molecule has 0 amide bonds. The average Bonchev–Trinajstić information content (AvgIpc) is 2.47. The molecule has 0 saturated carbocycles. The number of nitrogens with two attached hydrogens (primary N) is 1. The van der Waals surface area contributed by atoms with E-state index in [4.69, 9.17) is 10.5 Å². The molecule has 1 aromatic carbocycles. The van der Waals surface area contributed by atoms with Crippen LogP contribution in [0, 0.1) is 0 Å². The standard InChI is InChI=1S/C17H29N3O/c1-3-7-20-8-5-15(6-9-20)19-16-11-14(18)12-17(13-16)21-10-4-2/h11-13,15,19H,3-10,18H2,1-2H3. The van der Waals surface area contributed by atoms with Crippen molar-refractivity contribution in [3.05, 3.63) is 18.2 Å². The Morgan fingerprint density at radius 3 is 2.62 bits per heavy atom. The molecule has 2 rings (SSSR count). The number of anilines is 2. The van der Waals surface area contributed by atoms with E-state index < -0.39 is 0 Å². The molecular formula is C17H29N3O. The summed E-state index contributed by atoms with van der Waals surface area (Å²) < 4.78 is 5.69. The highest BCUT2D eigenvalue weighted by atomic mass is 16.5. The Morgan fingerprint density at radius 2 is 1.95 bits per heavy atom. The fourth-order valence-electron chi connectivity index (χ4n) is 2.86. The van der Waals surface area contributed by atoms with Gasteiger partial charge in [-0.25, -0.2) is 0 Å². The quantitative estimate of drug-likeness (QED) is 0.757. The van der Waals surface area contributed by atoms with E-state index in [9.17, 15) is 0 Å². The summed E-state index contributed by atoms with van der Waals surface area (Å²) >= 11 is 0. The third-order valence-electron chi connectivity index (χ3n) is 3.90. The maximum atomic E-state index is 5.97. The lowest BCUT2D eigenvalue weighted by Crippen LogP contribution is -2.39. The number of rotatable bonds is 7. The molecule has 1 fully saturated rings. The summed E-state index contributed by atoms with van der Waals surface area (Å²) in [6, 6.07) is 6.49. The van der Waals surface area contributed by atoms with Gasteiger partial charge in [-0.2, -0.15) is 0 Å². The van der Waals surface area contributed by atoms with Crippen LogP contribution < -0.4 is 15.8 Å². The first-order valence-electron chi connectivity index (χ1n) is 8.23. The highest BCUT2D eigenvalue weighted by molar-refractivity contribution is 5.59. The summed E-state index contributed by atoms with van der Waals surface area (Å²) in [5.74, 6) is 0.864. The summed E-state index contributed by atoms with van der Waals surface area (Å²) in [6.07, 6.45) is 4.64.